The van der Waals surface area contributed by atoms with Crippen molar-refractivity contribution in [1.29, 1.82) is 0 Å². The second-order valence-electron chi connectivity index (χ2n) is 11.3. The lowest BCUT2D eigenvalue weighted by atomic mass is 9.67. The molecular weight excluding hydrogens is 452 g/mol. The van der Waals surface area contributed by atoms with Crippen molar-refractivity contribution in [1.82, 2.24) is 0 Å². The zero-order valence-electron chi connectivity index (χ0n) is 22.5. The van der Waals surface area contributed by atoms with E-state index in [0.717, 1.165) is 28.9 Å². The molecule has 1 atom stereocenters. The van der Waals surface area contributed by atoms with Crippen LogP contribution in [0.15, 0.2) is 103 Å². The van der Waals surface area contributed by atoms with Crippen LogP contribution in [0.1, 0.15) is 80.8 Å². The summed E-state index contributed by atoms with van der Waals surface area (Å²) in [6.45, 7) is 11.1. The summed E-state index contributed by atoms with van der Waals surface area (Å²) in [5.74, 6) is 0.555. The second kappa shape index (κ2) is 9.34. The van der Waals surface area contributed by atoms with Crippen molar-refractivity contribution < 1.29 is 9.53 Å². The van der Waals surface area contributed by atoms with Crippen molar-refractivity contribution in [3.8, 4) is 5.75 Å². The first-order valence-corrected chi connectivity index (χ1v) is 13.3. The topological polar surface area (TPSA) is 26.3 Å². The molecule has 1 aliphatic rings. The summed E-state index contributed by atoms with van der Waals surface area (Å²) in [6.07, 6.45) is 1.57. The van der Waals surface area contributed by atoms with Gasteiger partial charge in [-0.2, -0.15) is 0 Å². The third-order valence-electron chi connectivity index (χ3n) is 8.37. The smallest absolute Gasteiger partial charge is 0.326 e. The van der Waals surface area contributed by atoms with Crippen LogP contribution >= 0.6 is 0 Å². The van der Waals surface area contributed by atoms with Crippen molar-refractivity contribution in [3.63, 3.8) is 0 Å². The maximum atomic E-state index is 14.0. The van der Waals surface area contributed by atoms with Gasteiger partial charge in [0.05, 0.1) is 0 Å². The van der Waals surface area contributed by atoms with E-state index >= 15 is 0 Å². The highest BCUT2D eigenvalue weighted by Crippen LogP contribution is 2.53. The summed E-state index contributed by atoms with van der Waals surface area (Å²) in [4.78, 5) is 14.0. The van der Waals surface area contributed by atoms with Crippen LogP contribution in [-0.2, 0) is 21.0 Å². The maximum absolute atomic E-state index is 14.0. The molecule has 1 aliphatic heterocycles. The molecule has 4 aromatic carbocycles. The average molecular weight is 489 g/mol. The number of fused-ring (bicyclic) bond motifs is 1. The molecular formula is C35H36O2. The highest BCUT2D eigenvalue weighted by molar-refractivity contribution is 5.95. The molecule has 37 heavy (non-hydrogen) atoms. The van der Waals surface area contributed by atoms with Gasteiger partial charge in [0.15, 0.2) is 0 Å². The van der Waals surface area contributed by atoms with Crippen LogP contribution in [-0.4, -0.2) is 5.97 Å². The molecule has 0 amide bonds. The Morgan fingerprint density at radius 3 is 1.73 bits per heavy atom. The largest absolute Gasteiger partial charge is 0.425 e. The number of hydrogen-bond donors (Lipinski definition) is 0. The summed E-state index contributed by atoms with van der Waals surface area (Å²) >= 11 is 0. The van der Waals surface area contributed by atoms with Gasteiger partial charge in [-0.05, 0) is 34.7 Å². The van der Waals surface area contributed by atoms with Crippen LogP contribution in [0.2, 0.25) is 0 Å². The van der Waals surface area contributed by atoms with E-state index in [-0.39, 0.29) is 16.8 Å². The predicted molar refractivity (Wildman–Crippen MR) is 151 cm³/mol. The molecule has 0 saturated heterocycles. The predicted octanol–water partition coefficient (Wildman–Crippen LogP) is 8.34. The van der Waals surface area contributed by atoms with Gasteiger partial charge in [-0.25, -0.2) is 0 Å². The van der Waals surface area contributed by atoms with E-state index in [1.54, 1.807) is 0 Å². The highest BCUT2D eigenvalue weighted by Gasteiger charge is 2.52. The first kappa shape index (κ1) is 25.0. The fourth-order valence-corrected chi connectivity index (χ4v) is 5.95. The number of carbonyl (C=O) groups is 1. The Bertz CT molecular complexity index is 1400. The molecule has 0 bridgehead atoms. The minimum Gasteiger partial charge on any atom is -0.425 e. The third-order valence-corrected chi connectivity index (χ3v) is 8.37. The molecule has 0 aromatic heterocycles. The van der Waals surface area contributed by atoms with Gasteiger partial charge >= 0.3 is 5.97 Å². The minimum absolute atomic E-state index is 0.171. The van der Waals surface area contributed by atoms with E-state index < -0.39 is 5.41 Å². The number of ether oxygens (including phenoxy) is 1. The van der Waals surface area contributed by atoms with Crippen molar-refractivity contribution >= 4 is 5.97 Å². The summed E-state index contributed by atoms with van der Waals surface area (Å²) < 4.78 is 6.30. The van der Waals surface area contributed by atoms with Crippen molar-refractivity contribution in [2.45, 2.75) is 63.7 Å². The van der Waals surface area contributed by atoms with Crippen molar-refractivity contribution in [3.05, 3.63) is 137 Å². The van der Waals surface area contributed by atoms with Crippen molar-refractivity contribution in [2.24, 2.45) is 0 Å². The van der Waals surface area contributed by atoms with Gasteiger partial charge in [0.1, 0.15) is 11.2 Å². The highest BCUT2D eigenvalue weighted by atomic mass is 16.5. The fourth-order valence-electron chi connectivity index (χ4n) is 5.95. The summed E-state index contributed by atoms with van der Waals surface area (Å²) in [6, 6.07) is 35.8. The van der Waals surface area contributed by atoms with E-state index in [1.165, 1.54) is 16.7 Å². The molecule has 0 saturated carbocycles. The Kier molecular flexibility index (Phi) is 6.31. The lowest BCUT2D eigenvalue weighted by Crippen LogP contribution is -2.35. The fraction of sp³-hybridized carbons (Fsp3) is 0.286. The SMILES string of the molecule is CCCC1(c2ccccc2)C(=O)Oc2c(C(C)(C)c3ccccc3)cc(C(C)(C)c3ccccc3)cc21. The van der Waals surface area contributed by atoms with Crippen LogP contribution in [0.4, 0.5) is 0 Å². The molecule has 188 valence electrons. The van der Waals surface area contributed by atoms with Crippen LogP contribution in [0.3, 0.4) is 0 Å². The molecule has 0 radical (unpaired) electrons. The molecule has 0 N–H and O–H groups in total. The number of rotatable bonds is 7. The standard InChI is InChI=1S/C35H36O2/c1-6-22-35(27-20-14-9-15-21-27)30-24-28(33(2,3)25-16-10-7-11-17-25)23-29(31(30)37-32(35)36)34(4,5)26-18-12-8-13-19-26/h7-21,23-24H,6,22H2,1-5H3. The Labute approximate surface area is 221 Å². The average Bonchev–Trinajstić information content (AvgIpc) is 3.21. The lowest BCUT2D eigenvalue weighted by Gasteiger charge is -2.33. The Hall–Kier alpha value is -3.65. The molecule has 0 spiro atoms. The van der Waals surface area contributed by atoms with Gasteiger partial charge < -0.3 is 4.74 Å². The van der Waals surface area contributed by atoms with E-state index in [4.69, 9.17) is 4.74 Å². The van der Waals surface area contributed by atoms with Crippen LogP contribution in [0.5, 0.6) is 5.75 Å². The molecule has 1 heterocycles. The van der Waals surface area contributed by atoms with Gasteiger partial charge in [-0.1, -0.05) is 138 Å². The first-order valence-electron chi connectivity index (χ1n) is 13.3. The van der Waals surface area contributed by atoms with E-state index in [1.807, 2.05) is 24.3 Å². The van der Waals surface area contributed by atoms with Crippen LogP contribution in [0.25, 0.3) is 0 Å². The monoisotopic (exact) mass is 488 g/mol. The number of hydrogen-bond acceptors (Lipinski definition) is 2. The number of carbonyl (C=O) groups excluding carboxylic acids is 1. The number of esters is 1. The molecule has 4 aromatic rings. The first-order chi connectivity index (χ1) is 17.7. The Balaban J connectivity index is 1.84. The maximum Gasteiger partial charge on any atom is 0.326 e. The quantitative estimate of drug-likeness (QED) is 0.193. The molecule has 2 heteroatoms. The minimum atomic E-state index is -0.824. The Morgan fingerprint density at radius 2 is 1.19 bits per heavy atom. The van der Waals surface area contributed by atoms with Gasteiger partial charge in [0, 0.05) is 22.0 Å². The molecule has 0 aliphatic carbocycles. The Morgan fingerprint density at radius 1 is 0.676 bits per heavy atom. The zero-order chi connectivity index (χ0) is 26.3. The molecule has 1 unspecified atom stereocenters. The van der Waals surface area contributed by atoms with Crippen LogP contribution < -0.4 is 4.74 Å². The summed E-state index contributed by atoms with van der Waals surface area (Å²) in [5, 5.41) is 0. The van der Waals surface area contributed by atoms with Gasteiger partial charge in [-0.3, -0.25) is 4.79 Å². The summed E-state index contributed by atoms with van der Waals surface area (Å²) in [5.41, 5.74) is 5.20. The van der Waals surface area contributed by atoms with E-state index in [2.05, 4.69) is 113 Å². The second-order valence-corrected chi connectivity index (χ2v) is 11.3. The molecule has 0 fully saturated rings. The normalized spacial score (nSPS) is 17.4. The molecule has 2 nitrogen and oxygen atoms in total. The number of benzene rings is 4. The van der Waals surface area contributed by atoms with Crippen molar-refractivity contribution in [2.75, 3.05) is 0 Å². The molecule has 5 rings (SSSR count). The zero-order valence-corrected chi connectivity index (χ0v) is 22.5. The van der Waals surface area contributed by atoms with Gasteiger partial charge in [0.25, 0.3) is 0 Å². The third kappa shape index (κ3) is 4.00. The summed E-state index contributed by atoms with van der Waals surface area (Å²) in [7, 11) is 0. The lowest BCUT2D eigenvalue weighted by molar-refractivity contribution is -0.137. The van der Waals surface area contributed by atoms with E-state index in [0.29, 0.717) is 6.42 Å². The van der Waals surface area contributed by atoms with E-state index in [9.17, 15) is 4.79 Å². The van der Waals surface area contributed by atoms with Gasteiger partial charge in [-0.15, -0.1) is 0 Å². The van der Waals surface area contributed by atoms with Gasteiger partial charge in [0.2, 0.25) is 0 Å². The van der Waals surface area contributed by atoms with Crippen LogP contribution in [0, 0.1) is 0 Å².